The van der Waals surface area contributed by atoms with Gasteiger partial charge in [0.2, 0.25) is 11.8 Å². The second-order valence-electron chi connectivity index (χ2n) is 10.1. The van der Waals surface area contributed by atoms with Crippen LogP contribution in [0.25, 0.3) is 0 Å². The lowest BCUT2D eigenvalue weighted by Crippen LogP contribution is -2.47. The number of alkyl carbamates (subject to hydrolysis) is 1. The molecule has 3 rings (SSSR count). The fourth-order valence-corrected chi connectivity index (χ4v) is 5.26. The number of allylic oxidation sites excluding steroid dienone is 1. The first kappa shape index (κ1) is 34.6. The number of hydrogen-bond donors (Lipinski definition) is 4. The van der Waals surface area contributed by atoms with E-state index >= 15 is 0 Å². The SMILES string of the molecule is O=C(C[C@H]1CC=CC[C@@H](NC(=O)OCc2ccccc2)C(=O)OC[C@H](CSCc2ccccc2)NC1=O)NCCOCCO. The monoisotopic (exact) mass is 627 g/mol. The third-order valence-electron chi connectivity index (χ3n) is 6.56. The lowest BCUT2D eigenvalue weighted by atomic mass is 9.98. The first-order valence-electron chi connectivity index (χ1n) is 14.6. The van der Waals surface area contributed by atoms with E-state index in [0.29, 0.717) is 11.5 Å². The number of ether oxygens (including phenoxy) is 3. The molecule has 0 spiro atoms. The molecule has 44 heavy (non-hydrogen) atoms. The van der Waals surface area contributed by atoms with Crippen molar-refractivity contribution in [3.8, 4) is 0 Å². The Labute approximate surface area is 262 Å². The molecule has 1 aliphatic heterocycles. The van der Waals surface area contributed by atoms with Gasteiger partial charge in [-0.3, -0.25) is 9.59 Å². The first-order valence-corrected chi connectivity index (χ1v) is 15.8. The van der Waals surface area contributed by atoms with Crippen LogP contribution in [0.3, 0.4) is 0 Å². The molecule has 12 heteroatoms. The van der Waals surface area contributed by atoms with Gasteiger partial charge in [-0.25, -0.2) is 9.59 Å². The van der Waals surface area contributed by atoms with Crippen LogP contribution in [0.15, 0.2) is 72.8 Å². The Hall–Kier alpha value is -3.87. The van der Waals surface area contributed by atoms with Gasteiger partial charge >= 0.3 is 12.1 Å². The molecule has 0 fully saturated rings. The van der Waals surface area contributed by atoms with Crippen LogP contribution < -0.4 is 16.0 Å². The number of aliphatic hydroxyl groups is 1. The normalized spacial score (nSPS) is 19.1. The van der Waals surface area contributed by atoms with Gasteiger partial charge in [-0.05, 0) is 24.0 Å². The third kappa shape index (κ3) is 13.6. The lowest BCUT2D eigenvalue weighted by Gasteiger charge is -2.24. The molecule has 2 aromatic rings. The number of carbonyl (C=O) groups excluding carboxylic acids is 4. The van der Waals surface area contributed by atoms with Crippen LogP contribution in [0.1, 0.15) is 30.4 Å². The molecule has 3 atom stereocenters. The summed E-state index contributed by atoms with van der Waals surface area (Å²) in [5.41, 5.74) is 1.93. The van der Waals surface area contributed by atoms with Crippen molar-refractivity contribution in [1.82, 2.24) is 16.0 Å². The van der Waals surface area contributed by atoms with Gasteiger partial charge in [0.1, 0.15) is 19.3 Å². The van der Waals surface area contributed by atoms with E-state index in [9.17, 15) is 19.2 Å². The summed E-state index contributed by atoms with van der Waals surface area (Å²) in [6.45, 7) is 0.528. The Morgan fingerprint density at radius 1 is 0.977 bits per heavy atom. The lowest BCUT2D eigenvalue weighted by molar-refractivity contribution is -0.147. The summed E-state index contributed by atoms with van der Waals surface area (Å²) in [5.74, 6) is -0.766. The Balaban J connectivity index is 1.65. The molecule has 0 unspecified atom stereocenters. The van der Waals surface area contributed by atoms with E-state index in [1.165, 1.54) is 0 Å². The molecule has 11 nitrogen and oxygen atoms in total. The van der Waals surface area contributed by atoms with Gasteiger partial charge in [0.15, 0.2) is 0 Å². The Kier molecular flexibility index (Phi) is 15.9. The average molecular weight is 628 g/mol. The minimum Gasteiger partial charge on any atom is -0.462 e. The summed E-state index contributed by atoms with van der Waals surface area (Å²) in [7, 11) is 0. The largest absolute Gasteiger partial charge is 0.462 e. The average Bonchev–Trinajstić information content (AvgIpc) is 3.03. The molecule has 0 saturated carbocycles. The maximum Gasteiger partial charge on any atom is 0.408 e. The highest BCUT2D eigenvalue weighted by atomic mass is 32.2. The summed E-state index contributed by atoms with van der Waals surface area (Å²) >= 11 is 1.58. The molecular formula is C32H41N3O8S. The number of rotatable bonds is 14. The molecule has 0 bridgehead atoms. The van der Waals surface area contributed by atoms with Crippen molar-refractivity contribution >= 4 is 35.6 Å². The number of benzene rings is 2. The van der Waals surface area contributed by atoms with E-state index in [0.717, 1.165) is 11.1 Å². The number of thioether (sulfide) groups is 1. The molecule has 1 aliphatic rings. The fourth-order valence-electron chi connectivity index (χ4n) is 4.25. The number of cyclic esters (lactones) is 1. The minimum atomic E-state index is -0.997. The maximum atomic E-state index is 13.3. The molecule has 2 aromatic carbocycles. The van der Waals surface area contributed by atoms with Gasteiger partial charge < -0.3 is 35.3 Å². The van der Waals surface area contributed by atoms with Crippen molar-refractivity contribution in [2.45, 2.75) is 43.7 Å². The van der Waals surface area contributed by atoms with E-state index in [1.54, 1.807) is 23.9 Å². The van der Waals surface area contributed by atoms with E-state index in [4.69, 9.17) is 19.3 Å². The first-order chi connectivity index (χ1) is 21.4. The topological polar surface area (TPSA) is 152 Å². The number of nitrogens with one attached hydrogen (secondary N) is 3. The summed E-state index contributed by atoms with van der Waals surface area (Å²) < 4.78 is 16.0. The van der Waals surface area contributed by atoms with E-state index in [2.05, 4.69) is 16.0 Å². The number of esters is 1. The molecule has 0 saturated heterocycles. The number of amides is 3. The quantitative estimate of drug-likeness (QED) is 0.141. The van der Waals surface area contributed by atoms with Crippen LogP contribution in [0.5, 0.6) is 0 Å². The van der Waals surface area contributed by atoms with Crippen LogP contribution in [0, 0.1) is 5.92 Å². The highest BCUT2D eigenvalue weighted by Gasteiger charge is 2.27. The smallest absolute Gasteiger partial charge is 0.408 e. The molecule has 238 valence electrons. The maximum absolute atomic E-state index is 13.3. The second kappa shape index (κ2) is 20.2. The predicted molar refractivity (Wildman–Crippen MR) is 166 cm³/mol. The van der Waals surface area contributed by atoms with Crippen molar-refractivity contribution < 1.29 is 38.5 Å². The Morgan fingerprint density at radius 2 is 1.68 bits per heavy atom. The van der Waals surface area contributed by atoms with Crippen LogP contribution in [0.4, 0.5) is 4.79 Å². The molecule has 3 amide bonds. The Bertz CT molecular complexity index is 1200. The summed E-state index contributed by atoms with van der Waals surface area (Å²) in [4.78, 5) is 51.4. The molecule has 0 aliphatic carbocycles. The van der Waals surface area contributed by atoms with Crippen LogP contribution in [-0.4, -0.2) is 79.8 Å². The molecule has 1 heterocycles. The fraction of sp³-hybridized carbons (Fsp3) is 0.438. The number of hydrogen-bond acceptors (Lipinski definition) is 9. The third-order valence-corrected chi connectivity index (χ3v) is 7.73. The molecule has 4 N–H and O–H groups in total. The number of aliphatic hydroxyl groups excluding tert-OH is 1. The van der Waals surface area contributed by atoms with Gasteiger partial charge in [-0.15, -0.1) is 0 Å². The number of carbonyl (C=O) groups is 4. The molecule has 0 aromatic heterocycles. The van der Waals surface area contributed by atoms with Gasteiger partial charge in [0.05, 0.1) is 31.8 Å². The highest BCUT2D eigenvalue weighted by Crippen LogP contribution is 2.16. The second-order valence-corrected chi connectivity index (χ2v) is 11.2. The summed E-state index contributed by atoms with van der Waals surface area (Å²) in [6, 6.07) is 17.5. The highest BCUT2D eigenvalue weighted by molar-refractivity contribution is 7.98. The summed E-state index contributed by atoms with van der Waals surface area (Å²) in [6.07, 6.45) is 2.98. The van der Waals surface area contributed by atoms with Crippen LogP contribution >= 0.6 is 11.8 Å². The van der Waals surface area contributed by atoms with Crippen molar-refractivity contribution in [3.05, 3.63) is 83.9 Å². The van der Waals surface area contributed by atoms with E-state index in [-0.39, 0.29) is 70.7 Å². The van der Waals surface area contributed by atoms with Crippen molar-refractivity contribution in [2.24, 2.45) is 5.92 Å². The van der Waals surface area contributed by atoms with Gasteiger partial charge in [-0.2, -0.15) is 11.8 Å². The van der Waals surface area contributed by atoms with Crippen LogP contribution in [0.2, 0.25) is 0 Å². The van der Waals surface area contributed by atoms with Crippen molar-refractivity contribution in [3.63, 3.8) is 0 Å². The van der Waals surface area contributed by atoms with Gasteiger partial charge in [0.25, 0.3) is 0 Å². The minimum absolute atomic E-state index is 0.0483. The van der Waals surface area contributed by atoms with Crippen molar-refractivity contribution in [2.75, 3.05) is 38.7 Å². The van der Waals surface area contributed by atoms with Gasteiger partial charge in [0, 0.05) is 24.5 Å². The zero-order valence-corrected chi connectivity index (χ0v) is 25.5. The van der Waals surface area contributed by atoms with Gasteiger partial charge in [-0.1, -0.05) is 72.8 Å². The Morgan fingerprint density at radius 3 is 2.41 bits per heavy atom. The van der Waals surface area contributed by atoms with E-state index < -0.39 is 30.1 Å². The zero-order valence-electron chi connectivity index (χ0n) is 24.7. The van der Waals surface area contributed by atoms with E-state index in [1.807, 2.05) is 60.7 Å². The predicted octanol–water partition coefficient (Wildman–Crippen LogP) is 2.72. The molecular weight excluding hydrogens is 586 g/mol. The van der Waals surface area contributed by atoms with Crippen LogP contribution in [-0.2, 0) is 41.0 Å². The molecule has 0 radical (unpaired) electrons. The zero-order chi connectivity index (χ0) is 31.4. The van der Waals surface area contributed by atoms with Crippen molar-refractivity contribution in [1.29, 1.82) is 0 Å². The summed E-state index contributed by atoms with van der Waals surface area (Å²) in [5, 5.41) is 17.1. The standard InChI is InChI=1S/C32H41N3O8S/c36-16-18-41-17-15-33-29(37)19-26-13-7-8-14-28(35-32(40)43-20-24-9-3-1-4-10-24)31(39)42-21-27(34-30(26)38)23-44-22-25-11-5-2-6-12-25/h1-12,26-28,36H,13-23H2,(H,33,37)(H,34,38)(H,35,40)/t26-,27-,28-/m1/s1.